The average molecular weight is 195 g/mol. The van der Waals surface area contributed by atoms with Crippen LogP contribution in [0.15, 0.2) is 22.8 Å². The Bertz CT molecular complexity index is 252. The van der Waals surface area contributed by atoms with Crippen LogP contribution in [0.1, 0.15) is 31.6 Å². The average Bonchev–Trinajstić information content (AvgIpc) is 2.87. The summed E-state index contributed by atoms with van der Waals surface area (Å²) in [7, 11) is 0. The van der Waals surface area contributed by atoms with Gasteiger partial charge in [0.25, 0.3) is 0 Å². The molecule has 3 heteroatoms. The summed E-state index contributed by atoms with van der Waals surface area (Å²) >= 11 is 0. The summed E-state index contributed by atoms with van der Waals surface area (Å²) in [5, 5.41) is 3.40. The van der Waals surface area contributed by atoms with Crippen molar-refractivity contribution in [2.45, 2.75) is 31.9 Å². The summed E-state index contributed by atoms with van der Waals surface area (Å²) in [4.78, 5) is 0. The molecule has 1 aliphatic heterocycles. The fourth-order valence-corrected chi connectivity index (χ4v) is 1.76. The van der Waals surface area contributed by atoms with E-state index in [1.807, 2.05) is 19.1 Å². The van der Waals surface area contributed by atoms with Crippen molar-refractivity contribution in [2.24, 2.45) is 0 Å². The molecule has 0 radical (unpaired) electrons. The van der Waals surface area contributed by atoms with Gasteiger partial charge in [0, 0.05) is 6.04 Å². The second-order valence-electron chi connectivity index (χ2n) is 3.78. The van der Waals surface area contributed by atoms with Gasteiger partial charge in [0.15, 0.2) is 0 Å². The first-order valence-corrected chi connectivity index (χ1v) is 5.24. The van der Waals surface area contributed by atoms with E-state index in [4.69, 9.17) is 9.15 Å². The van der Waals surface area contributed by atoms with Crippen LogP contribution in [0.3, 0.4) is 0 Å². The first-order valence-electron chi connectivity index (χ1n) is 5.24. The molecule has 1 fully saturated rings. The van der Waals surface area contributed by atoms with Crippen molar-refractivity contribution in [3.8, 4) is 0 Å². The Morgan fingerprint density at radius 3 is 3.29 bits per heavy atom. The maximum Gasteiger partial charge on any atom is 0.132 e. The summed E-state index contributed by atoms with van der Waals surface area (Å²) in [6.07, 6.45) is 4.24. The second kappa shape index (κ2) is 4.62. The quantitative estimate of drug-likeness (QED) is 0.799. The SMILES string of the molecule is C[C@H](OC[C@@H]1CCCN1)c1ccco1. The third-order valence-corrected chi connectivity index (χ3v) is 2.65. The lowest BCUT2D eigenvalue weighted by Crippen LogP contribution is -2.27. The highest BCUT2D eigenvalue weighted by Gasteiger charge is 2.16. The van der Waals surface area contributed by atoms with Crippen LogP contribution in [-0.4, -0.2) is 19.2 Å². The molecule has 2 rings (SSSR count). The predicted molar refractivity (Wildman–Crippen MR) is 54.1 cm³/mol. The lowest BCUT2D eigenvalue weighted by molar-refractivity contribution is 0.0388. The Hall–Kier alpha value is -0.800. The molecule has 2 atom stereocenters. The molecule has 1 aliphatic rings. The third kappa shape index (κ3) is 2.36. The number of hydrogen-bond donors (Lipinski definition) is 1. The lowest BCUT2D eigenvalue weighted by Gasteiger charge is -2.14. The van der Waals surface area contributed by atoms with Gasteiger partial charge in [0.1, 0.15) is 11.9 Å². The molecule has 3 nitrogen and oxygen atoms in total. The van der Waals surface area contributed by atoms with E-state index >= 15 is 0 Å². The fourth-order valence-electron chi connectivity index (χ4n) is 1.76. The maximum atomic E-state index is 5.71. The van der Waals surface area contributed by atoms with Crippen LogP contribution in [0.5, 0.6) is 0 Å². The minimum atomic E-state index is 0.0624. The third-order valence-electron chi connectivity index (χ3n) is 2.65. The van der Waals surface area contributed by atoms with Crippen LogP contribution in [0.4, 0.5) is 0 Å². The van der Waals surface area contributed by atoms with Gasteiger partial charge in [0.2, 0.25) is 0 Å². The molecule has 0 aliphatic carbocycles. The number of rotatable bonds is 4. The van der Waals surface area contributed by atoms with Crippen LogP contribution < -0.4 is 5.32 Å². The zero-order valence-corrected chi connectivity index (χ0v) is 8.53. The van der Waals surface area contributed by atoms with Crippen LogP contribution >= 0.6 is 0 Å². The zero-order valence-electron chi connectivity index (χ0n) is 8.53. The molecule has 0 aromatic carbocycles. The van der Waals surface area contributed by atoms with E-state index in [9.17, 15) is 0 Å². The van der Waals surface area contributed by atoms with Gasteiger partial charge in [0.05, 0.1) is 12.9 Å². The van der Waals surface area contributed by atoms with Crippen molar-refractivity contribution in [3.63, 3.8) is 0 Å². The molecule has 2 heterocycles. The van der Waals surface area contributed by atoms with Gasteiger partial charge in [-0.2, -0.15) is 0 Å². The van der Waals surface area contributed by atoms with E-state index in [2.05, 4.69) is 5.32 Å². The van der Waals surface area contributed by atoms with Crippen molar-refractivity contribution in [2.75, 3.05) is 13.2 Å². The normalized spacial score (nSPS) is 23.9. The van der Waals surface area contributed by atoms with E-state index in [0.29, 0.717) is 6.04 Å². The Kier molecular flexibility index (Phi) is 3.22. The molecular weight excluding hydrogens is 178 g/mol. The van der Waals surface area contributed by atoms with Gasteiger partial charge in [-0.3, -0.25) is 0 Å². The molecule has 78 valence electrons. The largest absolute Gasteiger partial charge is 0.467 e. The molecule has 14 heavy (non-hydrogen) atoms. The highest BCUT2D eigenvalue weighted by atomic mass is 16.5. The first kappa shape index (κ1) is 9.74. The van der Waals surface area contributed by atoms with Crippen molar-refractivity contribution < 1.29 is 9.15 Å². The minimum absolute atomic E-state index is 0.0624. The molecular formula is C11H17NO2. The maximum absolute atomic E-state index is 5.71. The van der Waals surface area contributed by atoms with Gasteiger partial charge in [-0.15, -0.1) is 0 Å². The zero-order chi connectivity index (χ0) is 9.80. The highest BCUT2D eigenvalue weighted by molar-refractivity contribution is 5.00. The summed E-state index contributed by atoms with van der Waals surface area (Å²) in [6, 6.07) is 4.38. The predicted octanol–water partition coefficient (Wildman–Crippen LogP) is 2.11. The van der Waals surface area contributed by atoms with Crippen molar-refractivity contribution >= 4 is 0 Å². The number of ether oxygens (including phenoxy) is 1. The van der Waals surface area contributed by atoms with Crippen LogP contribution in [0, 0.1) is 0 Å². The Morgan fingerprint density at radius 2 is 2.64 bits per heavy atom. The van der Waals surface area contributed by atoms with Gasteiger partial charge in [-0.05, 0) is 38.4 Å². The summed E-state index contributed by atoms with van der Waals surface area (Å²) < 4.78 is 11.0. The van der Waals surface area contributed by atoms with Crippen molar-refractivity contribution in [1.82, 2.24) is 5.32 Å². The Morgan fingerprint density at radius 1 is 1.71 bits per heavy atom. The molecule has 1 saturated heterocycles. The number of furan rings is 1. The Labute approximate surface area is 84.4 Å². The van der Waals surface area contributed by atoms with Crippen LogP contribution in [0.25, 0.3) is 0 Å². The second-order valence-corrected chi connectivity index (χ2v) is 3.78. The summed E-state index contributed by atoms with van der Waals surface area (Å²) in [6.45, 7) is 3.93. The molecule has 0 unspecified atom stereocenters. The molecule has 1 N–H and O–H groups in total. The van der Waals surface area contributed by atoms with E-state index in [1.165, 1.54) is 12.8 Å². The summed E-state index contributed by atoms with van der Waals surface area (Å²) in [5.41, 5.74) is 0. The lowest BCUT2D eigenvalue weighted by atomic mass is 10.2. The molecule has 1 aromatic heterocycles. The van der Waals surface area contributed by atoms with Gasteiger partial charge < -0.3 is 14.5 Å². The number of hydrogen-bond acceptors (Lipinski definition) is 3. The molecule has 0 bridgehead atoms. The minimum Gasteiger partial charge on any atom is -0.467 e. The van der Waals surface area contributed by atoms with Gasteiger partial charge >= 0.3 is 0 Å². The fraction of sp³-hybridized carbons (Fsp3) is 0.636. The number of nitrogens with one attached hydrogen (secondary N) is 1. The van der Waals surface area contributed by atoms with E-state index in [0.717, 1.165) is 18.9 Å². The smallest absolute Gasteiger partial charge is 0.132 e. The molecule has 0 amide bonds. The van der Waals surface area contributed by atoms with Crippen LogP contribution in [0.2, 0.25) is 0 Å². The summed E-state index contributed by atoms with van der Waals surface area (Å²) in [5.74, 6) is 0.906. The first-order chi connectivity index (χ1) is 6.86. The molecule has 0 spiro atoms. The highest BCUT2D eigenvalue weighted by Crippen LogP contribution is 2.18. The van der Waals surface area contributed by atoms with Crippen molar-refractivity contribution in [1.29, 1.82) is 0 Å². The molecule has 0 saturated carbocycles. The van der Waals surface area contributed by atoms with Gasteiger partial charge in [-0.1, -0.05) is 0 Å². The monoisotopic (exact) mass is 195 g/mol. The van der Waals surface area contributed by atoms with E-state index in [-0.39, 0.29) is 6.10 Å². The van der Waals surface area contributed by atoms with E-state index < -0.39 is 0 Å². The molecule has 1 aromatic rings. The van der Waals surface area contributed by atoms with E-state index in [1.54, 1.807) is 6.26 Å². The standard InChI is InChI=1S/C11H17NO2/c1-9(11-5-3-7-13-11)14-8-10-4-2-6-12-10/h3,5,7,9-10,12H,2,4,6,8H2,1H3/t9-,10-/m0/s1. The van der Waals surface area contributed by atoms with Gasteiger partial charge in [-0.25, -0.2) is 0 Å². The van der Waals surface area contributed by atoms with Crippen LogP contribution in [-0.2, 0) is 4.74 Å². The van der Waals surface area contributed by atoms with Crippen molar-refractivity contribution in [3.05, 3.63) is 24.2 Å². The Balaban J connectivity index is 1.74. The topological polar surface area (TPSA) is 34.4 Å².